The first-order valence-corrected chi connectivity index (χ1v) is 11.5. The first kappa shape index (κ1) is 28.8. The third-order valence-electron chi connectivity index (χ3n) is 7.55. The Labute approximate surface area is 220 Å². The van der Waals surface area contributed by atoms with Crippen molar-refractivity contribution < 1.29 is 9.84 Å². The van der Waals surface area contributed by atoms with E-state index in [0.717, 1.165) is 49.0 Å². The molecule has 1 fully saturated rings. The van der Waals surface area contributed by atoms with Crippen molar-refractivity contribution in [3.63, 3.8) is 0 Å². The normalized spacial score (nSPS) is 21.6. The van der Waals surface area contributed by atoms with E-state index in [-0.39, 0.29) is 49.4 Å². The van der Waals surface area contributed by atoms with E-state index in [1.165, 1.54) is 16.5 Å². The highest BCUT2D eigenvalue weighted by Crippen LogP contribution is 2.41. The standard InChI is InChI=1S/C26H33N3O2.3ClH/c1-16-7-8-20-21(26(16)30)13-24(31-25(20)14-27)18-9-11-29(12-10-18)17(2)22-15-28-23-6-4-3-5-19(22)23;;;/h3-8,15,17-18,24-25,28,30H,9-14,27H2,1-2H3;3*1H/t17?,24-,25-;;;/m0.../s1. The van der Waals surface area contributed by atoms with Gasteiger partial charge in [-0.25, -0.2) is 0 Å². The van der Waals surface area contributed by atoms with Crippen LogP contribution in [0.25, 0.3) is 10.9 Å². The lowest BCUT2D eigenvalue weighted by atomic mass is 9.82. The van der Waals surface area contributed by atoms with Gasteiger partial charge in [-0.2, -0.15) is 0 Å². The molecule has 3 atom stereocenters. The number of aromatic amines is 1. The van der Waals surface area contributed by atoms with Crippen LogP contribution in [0.2, 0.25) is 0 Å². The SMILES string of the molecule is Cc1ccc2c(c1O)C[C@@H](C1CCN(C(C)c3c[nH]c4ccccc34)CC1)O[C@H]2CN.Cl.Cl.Cl. The third kappa shape index (κ3) is 5.20. The van der Waals surface area contributed by atoms with Gasteiger partial charge in [-0.1, -0.05) is 30.3 Å². The quantitative estimate of drug-likeness (QED) is 0.396. The Morgan fingerprint density at radius 1 is 1.12 bits per heavy atom. The number of aromatic nitrogens is 1. The summed E-state index contributed by atoms with van der Waals surface area (Å²) in [5.41, 5.74) is 11.7. The minimum Gasteiger partial charge on any atom is -0.507 e. The Morgan fingerprint density at radius 3 is 2.53 bits per heavy atom. The first-order valence-electron chi connectivity index (χ1n) is 11.5. The van der Waals surface area contributed by atoms with Crippen molar-refractivity contribution in [2.75, 3.05) is 19.6 Å². The number of hydrogen-bond donors (Lipinski definition) is 3. The van der Waals surface area contributed by atoms with Gasteiger partial charge in [0.25, 0.3) is 0 Å². The Kier molecular flexibility index (Phi) is 10.1. The van der Waals surface area contributed by atoms with Crippen LogP contribution in [-0.2, 0) is 11.2 Å². The largest absolute Gasteiger partial charge is 0.507 e. The smallest absolute Gasteiger partial charge is 0.122 e. The second-order valence-corrected chi connectivity index (χ2v) is 9.24. The summed E-state index contributed by atoms with van der Waals surface area (Å²) >= 11 is 0. The molecule has 8 heteroatoms. The zero-order valence-electron chi connectivity index (χ0n) is 19.7. The number of halogens is 3. The van der Waals surface area contributed by atoms with Gasteiger partial charge in [-0.15, -0.1) is 37.2 Å². The molecular weight excluding hydrogens is 493 g/mol. The van der Waals surface area contributed by atoms with E-state index in [4.69, 9.17) is 10.5 Å². The highest BCUT2D eigenvalue weighted by atomic mass is 35.5. The van der Waals surface area contributed by atoms with Crippen molar-refractivity contribution in [2.24, 2.45) is 11.7 Å². The van der Waals surface area contributed by atoms with Crippen LogP contribution in [0, 0.1) is 12.8 Å². The van der Waals surface area contributed by atoms with Crippen LogP contribution in [-0.4, -0.2) is 40.7 Å². The van der Waals surface area contributed by atoms with E-state index in [0.29, 0.717) is 24.3 Å². The number of aryl methyl sites for hydroxylation is 1. The molecule has 2 aliphatic rings. The van der Waals surface area contributed by atoms with Crippen LogP contribution in [0.4, 0.5) is 0 Å². The molecule has 0 aliphatic carbocycles. The molecule has 1 saturated heterocycles. The van der Waals surface area contributed by atoms with Crippen molar-refractivity contribution in [2.45, 2.75) is 51.4 Å². The maximum Gasteiger partial charge on any atom is 0.122 e. The zero-order chi connectivity index (χ0) is 21.5. The number of nitrogens with two attached hydrogens (primary N) is 1. The number of rotatable bonds is 4. The molecule has 4 N–H and O–H groups in total. The number of nitrogens with one attached hydrogen (secondary N) is 1. The maximum atomic E-state index is 10.7. The summed E-state index contributed by atoms with van der Waals surface area (Å²) in [4.78, 5) is 6.01. The number of piperidine rings is 1. The van der Waals surface area contributed by atoms with Crippen molar-refractivity contribution in [1.29, 1.82) is 0 Å². The summed E-state index contributed by atoms with van der Waals surface area (Å²) in [5.74, 6) is 0.920. The number of benzene rings is 2. The van der Waals surface area contributed by atoms with Crippen molar-refractivity contribution in [1.82, 2.24) is 9.88 Å². The summed E-state index contributed by atoms with van der Waals surface area (Å²) in [6.07, 6.45) is 5.16. The number of H-pyrrole nitrogens is 1. The molecule has 0 saturated carbocycles. The van der Waals surface area contributed by atoms with E-state index in [1.807, 2.05) is 13.0 Å². The number of likely N-dealkylation sites (tertiary alicyclic amines) is 1. The van der Waals surface area contributed by atoms with E-state index < -0.39 is 0 Å². The number of phenolic OH excluding ortho intramolecular Hbond substituents is 1. The topological polar surface area (TPSA) is 74.5 Å². The molecule has 0 bridgehead atoms. The molecule has 0 radical (unpaired) electrons. The van der Waals surface area contributed by atoms with Gasteiger partial charge in [0.1, 0.15) is 5.75 Å². The average Bonchev–Trinajstić information content (AvgIpc) is 3.24. The first-order chi connectivity index (χ1) is 15.1. The molecule has 34 heavy (non-hydrogen) atoms. The van der Waals surface area contributed by atoms with Crippen LogP contribution in [0.5, 0.6) is 5.75 Å². The lowest BCUT2D eigenvalue weighted by Gasteiger charge is -2.42. The third-order valence-corrected chi connectivity index (χ3v) is 7.55. The Bertz CT molecular complexity index is 1080. The average molecular weight is 529 g/mol. The number of nitrogens with zero attached hydrogens (tertiary/aromatic N) is 1. The predicted molar refractivity (Wildman–Crippen MR) is 146 cm³/mol. The molecule has 0 amide bonds. The molecule has 0 spiro atoms. The van der Waals surface area contributed by atoms with Crippen LogP contribution >= 0.6 is 37.2 Å². The number of para-hydroxylation sites is 1. The summed E-state index contributed by atoms with van der Waals surface area (Å²) in [6.45, 7) is 6.84. The van der Waals surface area contributed by atoms with Crippen LogP contribution in [0.3, 0.4) is 0 Å². The number of ether oxygens (including phenoxy) is 1. The highest BCUT2D eigenvalue weighted by Gasteiger charge is 2.36. The van der Waals surface area contributed by atoms with Gasteiger partial charge in [-0.05, 0) is 68.5 Å². The van der Waals surface area contributed by atoms with Gasteiger partial charge in [0.05, 0.1) is 12.2 Å². The van der Waals surface area contributed by atoms with Crippen LogP contribution < -0.4 is 5.73 Å². The summed E-state index contributed by atoms with van der Waals surface area (Å²) < 4.78 is 6.46. The molecule has 2 aliphatic heterocycles. The molecular formula is C26H36Cl3N3O2. The molecule has 2 aromatic carbocycles. The van der Waals surface area contributed by atoms with Gasteiger partial charge >= 0.3 is 0 Å². The van der Waals surface area contributed by atoms with Gasteiger partial charge < -0.3 is 20.6 Å². The summed E-state index contributed by atoms with van der Waals surface area (Å²) in [6, 6.07) is 13.0. The second-order valence-electron chi connectivity index (χ2n) is 9.24. The van der Waals surface area contributed by atoms with E-state index in [1.54, 1.807) is 0 Å². The number of aromatic hydroxyl groups is 1. The fourth-order valence-corrected chi connectivity index (χ4v) is 5.59. The monoisotopic (exact) mass is 527 g/mol. The second kappa shape index (κ2) is 12.0. The van der Waals surface area contributed by atoms with Crippen LogP contribution in [0.1, 0.15) is 54.2 Å². The zero-order valence-corrected chi connectivity index (χ0v) is 22.1. The van der Waals surface area contributed by atoms with E-state index in [2.05, 4.69) is 53.3 Å². The lowest BCUT2D eigenvalue weighted by Crippen LogP contribution is -2.42. The molecule has 1 unspecified atom stereocenters. The van der Waals surface area contributed by atoms with Crippen LogP contribution in [0.15, 0.2) is 42.6 Å². The van der Waals surface area contributed by atoms with Crippen molar-refractivity contribution in [3.05, 3.63) is 64.8 Å². The minimum absolute atomic E-state index is 0. The van der Waals surface area contributed by atoms with Crippen molar-refractivity contribution >= 4 is 48.1 Å². The van der Waals surface area contributed by atoms with Gasteiger partial charge in [0, 0.05) is 41.7 Å². The maximum absolute atomic E-state index is 10.7. The molecule has 3 aromatic rings. The Morgan fingerprint density at radius 2 is 1.82 bits per heavy atom. The lowest BCUT2D eigenvalue weighted by molar-refractivity contribution is -0.0666. The fourth-order valence-electron chi connectivity index (χ4n) is 5.59. The summed E-state index contributed by atoms with van der Waals surface area (Å²) in [5, 5.41) is 12.0. The van der Waals surface area contributed by atoms with E-state index >= 15 is 0 Å². The van der Waals surface area contributed by atoms with E-state index in [9.17, 15) is 5.11 Å². The van der Waals surface area contributed by atoms with Gasteiger partial charge in [-0.3, -0.25) is 4.90 Å². The number of hydrogen-bond acceptors (Lipinski definition) is 4. The Hall–Kier alpha value is -1.47. The van der Waals surface area contributed by atoms with Gasteiger partial charge in [0.15, 0.2) is 0 Å². The molecule has 5 nitrogen and oxygen atoms in total. The molecule has 3 heterocycles. The molecule has 1 aromatic heterocycles. The van der Waals surface area contributed by atoms with Crippen molar-refractivity contribution in [3.8, 4) is 5.75 Å². The fraction of sp³-hybridized carbons (Fsp3) is 0.462. The predicted octanol–water partition coefficient (Wildman–Crippen LogP) is 5.86. The minimum atomic E-state index is -0.122. The number of fused-ring (bicyclic) bond motifs is 2. The Balaban J connectivity index is 0.00000136. The number of phenols is 1. The van der Waals surface area contributed by atoms with Gasteiger partial charge in [0.2, 0.25) is 0 Å². The molecule has 5 rings (SSSR count). The molecule has 188 valence electrons. The summed E-state index contributed by atoms with van der Waals surface area (Å²) in [7, 11) is 0. The highest BCUT2D eigenvalue weighted by molar-refractivity contribution is 5.86.